The van der Waals surface area contributed by atoms with Gasteiger partial charge in [-0.25, -0.2) is 4.98 Å². The standard InChI is InChI=1S/C10H14ClN3OS.ClH/c1-16-10-13-8(11)5-9(14-10)15-7-3-2-4-12-6-7;/h5,7,12H,2-4,6H2,1H3;1H/t7-;/m1./s1. The van der Waals surface area contributed by atoms with Crippen LogP contribution in [-0.2, 0) is 0 Å². The summed E-state index contributed by atoms with van der Waals surface area (Å²) in [6.45, 7) is 1.94. The van der Waals surface area contributed by atoms with E-state index in [0.717, 1.165) is 25.9 Å². The fourth-order valence-electron chi connectivity index (χ4n) is 1.62. The smallest absolute Gasteiger partial charge is 0.219 e. The Labute approximate surface area is 116 Å². The van der Waals surface area contributed by atoms with Crippen molar-refractivity contribution >= 4 is 35.8 Å². The van der Waals surface area contributed by atoms with Gasteiger partial charge in [0.05, 0.1) is 0 Å². The summed E-state index contributed by atoms with van der Waals surface area (Å²) in [6, 6.07) is 1.66. The largest absolute Gasteiger partial charge is 0.473 e. The van der Waals surface area contributed by atoms with Crippen LogP contribution in [0.2, 0.25) is 5.15 Å². The van der Waals surface area contributed by atoms with E-state index in [1.165, 1.54) is 11.8 Å². The van der Waals surface area contributed by atoms with Gasteiger partial charge in [0.2, 0.25) is 5.88 Å². The number of aromatic nitrogens is 2. The predicted molar refractivity (Wildman–Crippen MR) is 72.6 cm³/mol. The predicted octanol–water partition coefficient (Wildman–Crippen LogP) is 2.40. The van der Waals surface area contributed by atoms with Gasteiger partial charge in [0, 0.05) is 12.6 Å². The molecule has 96 valence electrons. The summed E-state index contributed by atoms with van der Waals surface area (Å²) in [6.07, 6.45) is 4.30. The molecule has 1 saturated heterocycles. The molecule has 0 aromatic carbocycles. The Hall–Kier alpha value is -0.230. The molecule has 4 nitrogen and oxygen atoms in total. The van der Waals surface area contributed by atoms with Gasteiger partial charge in [0.25, 0.3) is 0 Å². The summed E-state index contributed by atoms with van der Waals surface area (Å²) < 4.78 is 5.77. The van der Waals surface area contributed by atoms with E-state index in [2.05, 4.69) is 15.3 Å². The van der Waals surface area contributed by atoms with Gasteiger partial charge in [-0.05, 0) is 25.6 Å². The molecule has 1 aliphatic rings. The van der Waals surface area contributed by atoms with E-state index in [4.69, 9.17) is 16.3 Å². The average molecular weight is 296 g/mol. The van der Waals surface area contributed by atoms with Crippen LogP contribution in [0.3, 0.4) is 0 Å². The molecule has 0 spiro atoms. The topological polar surface area (TPSA) is 47.0 Å². The monoisotopic (exact) mass is 295 g/mol. The number of hydrogen-bond acceptors (Lipinski definition) is 5. The van der Waals surface area contributed by atoms with Crippen LogP contribution in [0.1, 0.15) is 12.8 Å². The molecule has 2 heterocycles. The fourth-order valence-corrected chi connectivity index (χ4v) is 2.21. The van der Waals surface area contributed by atoms with Crippen molar-refractivity contribution in [3.8, 4) is 5.88 Å². The van der Waals surface area contributed by atoms with E-state index in [0.29, 0.717) is 16.2 Å². The van der Waals surface area contributed by atoms with Crippen LogP contribution in [-0.4, -0.2) is 35.4 Å². The van der Waals surface area contributed by atoms with Crippen molar-refractivity contribution in [1.82, 2.24) is 15.3 Å². The summed E-state index contributed by atoms with van der Waals surface area (Å²) >= 11 is 7.34. The molecule has 1 N–H and O–H groups in total. The van der Waals surface area contributed by atoms with Gasteiger partial charge in [-0.3, -0.25) is 0 Å². The number of piperidine rings is 1. The highest BCUT2D eigenvalue weighted by Crippen LogP contribution is 2.20. The minimum atomic E-state index is 0. The minimum absolute atomic E-state index is 0. The van der Waals surface area contributed by atoms with Crippen LogP contribution in [0.4, 0.5) is 0 Å². The van der Waals surface area contributed by atoms with Crippen molar-refractivity contribution < 1.29 is 4.74 Å². The molecular formula is C10H15Cl2N3OS. The zero-order valence-corrected chi connectivity index (χ0v) is 11.9. The Kier molecular flexibility index (Phi) is 6.33. The van der Waals surface area contributed by atoms with Gasteiger partial charge >= 0.3 is 0 Å². The minimum Gasteiger partial charge on any atom is -0.473 e. The summed E-state index contributed by atoms with van der Waals surface area (Å²) in [5.74, 6) is 0.568. The maximum atomic E-state index is 5.89. The summed E-state index contributed by atoms with van der Waals surface area (Å²) in [7, 11) is 0. The van der Waals surface area contributed by atoms with Crippen LogP contribution in [0.25, 0.3) is 0 Å². The van der Waals surface area contributed by atoms with Crippen molar-refractivity contribution in [2.45, 2.75) is 24.1 Å². The molecule has 0 unspecified atom stereocenters. The zero-order valence-electron chi connectivity index (χ0n) is 9.48. The molecule has 1 fully saturated rings. The number of nitrogens with one attached hydrogen (secondary N) is 1. The first-order valence-corrected chi connectivity index (χ1v) is 6.84. The third-order valence-corrected chi connectivity index (χ3v) is 3.11. The number of thioether (sulfide) groups is 1. The maximum absolute atomic E-state index is 5.89. The summed E-state index contributed by atoms with van der Waals surface area (Å²) in [5.41, 5.74) is 0. The van der Waals surface area contributed by atoms with E-state index < -0.39 is 0 Å². The van der Waals surface area contributed by atoms with Gasteiger partial charge in [-0.15, -0.1) is 12.4 Å². The van der Waals surface area contributed by atoms with E-state index in [9.17, 15) is 0 Å². The Balaban J connectivity index is 0.00000144. The molecule has 17 heavy (non-hydrogen) atoms. The number of halogens is 2. The second kappa shape index (κ2) is 7.26. The van der Waals surface area contributed by atoms with Gasteiger partial charge in [-0.2, -0.15) is 4.98 Å². The molecule has 0 bridgehead atoms. The van der Waals surface area contributed by atoms with Gasteiger partial charge < -0.3 is 10.1 Å². The number of nitrogens with zero attached hydrogens (tertiary/aromatic N) is 2. The normalized spacial score (nSPS) is 19.5. The summed E-state index contributed by atoms with van der Waals surface area (Å²) in [4.78, 5) is 8.33. The first kappa shape index (κ1) is 14.8. The quantitative estimate of drug-likeness (QED) is 0.527. The zero-order chi connectivity index (χ0) is 11.4. The lowest BCUT2D eigenvalue weighted by Crippen LogP contribution is -2.37. The van der Waals surface area contributed by atoms with Gasteiger partial charge in [-0.1, -0.05) is 23.4 Å². The second-order valence-electron chi connectivity index (χ2n) is 3.60. The molecule has 0 aliphatic carbocycles. The molecule has 0 saturated carbocycles. The van der Waals surface area contributed by atoms with Crippen LogP contribution >= 0.6 is 35.8 Å². The van der Waals surface area contributed by atoms with Crippen molar-refractivity contribution in [3.63, 3.8) is 0 Å². The highest BCUT2D eigenvalue weighted by molar-refractivity contribution is 7.98. The van der Waals surface area contributed by atoms with Crippen LogP contribution in [0, 0.1) is 0 Å². The Morgan fingerprint density at radius 2 is 2.35 bits per heavy atom. The van der Waals surface area contributed by atoms with Gasteiger partial charge in [0.15, 0.2) is 5.16 Å². The second-order valence-corrected chi connectivity index (χ2v) is 4.76. The van der Waals surface area contributed by atoms with Crippen molar-refractivity contribution in [3.05, 3.63) is 11.2 Å². The fraction of sp³-hybridized carbons (Fsp3) is 0.600. The Morgan fingerprint density at radius 3 is 3.00 bits per heavy atom. The lowest BCUT2D eigenvalue weighted by atomic mass is 10.1. The number of hydrogen-bond donors (Lipinski definition) is 1. The van der Waals surface area contributed by atoms with E-state index in [-0.39, 0.29) is 18.5 Å². The van der Waals surface area contributed by atoms with Crippen LogP contribution in [0.5, 0.6) is 5.88 Å². The lowest BCUT2D eigenvalue weighted by molar-refractivity contribution is 0.159. The molecule has 0 amide bonds. The molecule has 1 atom stereocenters. The van der Waals surface area contributed by atoms with E-state index in [1.54, 1.807) is 6.07 Å². The third-order valence-electron chi connectivity index (χ3n) is 2.37. The average Bonchev–Trinajstić information content (AvgIpc) is 2.29. The molecule has 1 aromatic rings. The summed E-state index contributed by atoms with van der Waals surface area (Å²) in [5, 5.41) is 4.37. The van der Waals surface area contributed by atoms with Crippen molar-refractivity contribution in [2.75, 3.05) is 19.3 Å². The highest BCUT2D eigenvalue weighted by atomic mass is 35.5. The van der Waals surface area contributed by atoms with Crippen LogP contribution < -0.4 is 10.1 Å². The maximum Gasteiger partial charge on any atom is 0.219 e. The third kappa shape index (κ3) is 4.50. The van der Waals surface area contributed by atoms with E-state index in [1.807, 2.05) is 6.26 Å². The molecule has 0 radical (unpaired) electrons. The van der Waals surface area contributed by atoms with Gasteiger partial charge in [0.1, 0.15) is 11.3 Å². The SMILES string of the molecule is CSc1nc(Cl)cc(O[C@@H]2CCCNC2)n1.Cl. The lowest BCUT2D eigenvalue weighted by Gasteiger charge is -2.23. The van der Waals surface area contributed by atoms with Crippen molar-refractivity contribution in [1.29, 1.82) is 0 Å². The first-order chi connectivity index (χ1) is 7.78. The number of rotatable bonds is 3. The first-order valence-electron chi connectivity index (χ1n) is 5.24. The molecular weight excluding hydrogens is 281 g/mol. The molecule has 2 rings (SSSR count). The Morgan fingerprint density at radius 1 is 1.53 bits per heavy atom. The molecule has 7 heteroatoms. The highest BCUT2D eigenvalue weighted by Gasteiger charge is 2.15. The number of ether oxygens (including phenoxy) is 1. The Bertz CT molecular complexity index is 361. The molecule has 1 aromatic heterocycles. The molecule has 1 aliphatic heterocycles. The van der Waals surface area contributed by atoms with E-state index >= 15 is 0 Å². The van der Waals surface area contributed by atoms with Crippen molar-refractivity contribution in [2.24, 2.45) is 0 Å². The van der Waals surface area contributed by atoms with Crippen LogP contribution in [0.15, 0.2) is 11.2 Å².